The summed E-state index contributed by atoms with van der Waals surface area (Å²) < 4.78 is 6.07. The molecule has 3 rings (SSSR count). The minimum atomic E-state index is -0.583. The van der Waals surface area contributed by atoms with Gasteiger partial charge in [-0.3, -0.25) is 0 Å². The molecule has 0 saturated carbocycles. The number of nitrogens with one attached hydrogen (secondary N) is 1. The molecular formula is C16H16BrNO2. The van der Waals surface area contributed by atoms with Crippen molar-refractivity contribution in [3.63, 3.8) is 0 Å². The fourth-order valence-electron chi connectivity index (χ4n) is 2.67. The third-order valence-electron chi connectivity index (χ3n) is 3.74. The van der Waals surface area contributed by atoms with E-state index in [0.717, 1.165) is 22.3 Å². The van der Waals surface area contributed by atoms with Crippen LogP contribution in [0.15, 0.2) is 46.9 Å². The quantitative estimate of drug-likeness (QED) is 0.905. The van der Waals surface area contributed by atoms with E-state index in [1.54, 1.807) is 7.11 Å². The highest BCUT2D eigenvalue weighted by Gasteiger charge is 2.29. The molecule has 3 nitrogen and oxygen atoms in total. The van der Waals surface area contributed by atoms with Gasteiger partial charge in [0.1, 0.15) is 5.75 Å². The fraction of sp³-hybridized carbons (Fsp3) is 0.250. The van der Waals surface area contributed by atoms with Gasteiger partial charge in [0.25, 0.3) is 0 Å². The highest BCUT2D eigenvalue weighted by Crippen LogP contribution is 2.37. The van der Waals surface area contributed by atoms with Crippen LogP contribution in [0, 0.1) is 0 Å². The van der Waals surface area contributed by atoms with Gasteiger partial charge in [-0.1, -0.05) is 30.3 Å². The Kier molecular flexibility index (Phi) is 3.78. The maximum atomic E-state index is 10.6. The highest BCUT2D eigenvalue weighted by molar-refractivity contribution is 9.10. The van der Waals surface area contributed by atoms with E-state index in [2.05, 4.69) is 33.4 Å². The van der Waals surface area contributed by atoms with Crippen LogP contribution in [-0.2, 0) is 6.54 Å². The molecular weight excluding hydrogens is 318 g/mol. The molecule has 104 valence electrons. The monoisotopic (exact) mass is 333 g/mol. The largest absolute Gasteiger partial charge is 0.496 e. The second kappa shape index (κ2) is 5.56. The Hall–Kier alpha value is -1.36. The van der Waals surface area contributed by atoms with Gasteiger partial charge in [-0.15, -0.1) is 0 Å². The van der Waals surface area contributed by atoms with Crippen molar-refractivity contribution in [1.82, 2.24) is 5.32 Å². The summed E-state index contributed by atoms with van der Waals surface area (Å²) in [5.41, 5.74) is 3.29. The van der Waals surface area contributed by atoms with Crippen molar-refractivity contribution >= 4 is 15.9 Å². The molecule has 2 atom stereocenters. The van der Waals surface area contributed by atoms with Gasteiger partial charge in [0.05, 0.1) is 23.7 Å². The zero-order valence-corrected chi connectivity index (χ0v) is 12.7. The first-order valence-electron chi connectivity index (χ1n) is 6.53. The number of rotatable bonds is 3. The van der Waals surface area contributed by atoms with Gasteiger partial charge in [0.2, 0.25) is 0 Å². The summed E-state index contributed by atoms with van der Waals surface area (Å²) in [6.07, 6.45) is -0.583. The second-order valence-corrected chi connectivity index (χ2v) is 5.75. The van der Waals surface area contributed by atoms with Crippen molar-refractivity contribution in [2.24, 2.45) is 0 Å². The van der Waals surface area contributed by atoms with Crippen LogP contribution in [0.3, 0.4) is 0 Å². The maximum Gasteiger partial charge on any atom is 0.133 e. The minimum absolute atomic E-state index is 0.0634. The Labute approximate surface area is 126 Å². The number of hydrogen-bond donors (Lipinski definition) is 2. The van der Waals surface area contributed by atoms with Crippen LogP contribution in [0.2, 0.25) is 0 Å². The van der Waals surface area contributed by atoms with Gasteiger partial charge >= 0.3 is 0 Å². The molecule has 0 amide bonds. The summed E-state index contributed by atoms with van der Waals surface area (Å²) >= 11 is 3.46. The number of benzene rings is 2. The van der Waals surface area contributed by atoms with E-state index in [0.29, 0.717) is 0 Å². The Bertz CT molecular complexity index is 630. The van der Waals surface area contributed by atoms with Crippen molar-refractivity contribution in [1.29, 1.82) is 0 Å². The number of fused-ring (bicyclic) bond motifs is 1. The normalized spacial score (nSPS) is 18.6. The topological polar surface area (TPSA) is 41.5 Å². The van der Waals surface area contributed by atoms with E-state index in [9.17, 15) is 5.11 Å². The first-order valence-corrected chi connectivity index (χ1v) is 7.32. The molecule has 0 saturated heterocycles. The second-order valence-electron chi connectivity index (χ2n) is 4.90. The molecule has 4 heteroatoms. The van der Waals surface area contributed by atoms with Crippen LogP contribution in [0.1, 0.15) is 28.8 Å². The third-order valence-corrected chi connectivity index (χ3v) is 4.36. The van der Waals surface area contributed by atoms with E-state index in [1.807, 2.05) is 30.3 Å². The predicted octanol–water partition coefficient (Wildman–Crippen LogP) is 3.34. The molecule has 0 radical (unpaired) electrons. The van der Waals surface area contributed by atoms with Gasteiger partial charge < -0.3 is 15.2 Å². The maximum absolute atomic E-state index is 10.6. The zero-order chi connectivity index (χ0) is 14.1. The molecule has 2 aromatic carbocycles. The first kappa shape index (κ1) is 13.6. The van der Waals surface area contributed by atoms with Crippen LogP contribution >= 0.6 is 15.9 Å². The van der Waals surface area contributed by atoms with Crippen molar-refractivity contribution in [2.75, 3.05) is 7.11 Å². The lowest BCUT2D eigenvalue weighted by atomic mass is 9.96. The Balaban J connectivity index is 1.90. The molecule has 2 N–H and O–H groups in total. The van der Waals surface area contributed by atoms with Gasteiger partial charge in [-0.2, -0.15) is 0 Å². The Morgan fingerprint density at radius 2 is 2.10 bits per heavy atom. The summed E-state index contributed by atoms with van der Waals surface area (Å²) in [6.45, 7) is 0.801. The highest BCUT2D eigenvalue weighted by atomic mass is 79.9. The van der Waals surface area contributed by atoms with E-state index in [1.165, 1.54) is 11.1 Å². The van der Waals surface area contributed by atoms with Crippen molar-refractivity contribution in [3.05, 3.63) is 63.6 Å². The van der Waals surface area contributed by atoms with E-state index in [4.69, 9.17) is 4.74 Å². The minimum Gasteiger partial charge on any atom is -0.496 e. The molecule has 1 heterocycles. The van der Waals surface area contributed by atoms with E-state index in [-0.39, 0.29) is 6.04 Å². The SMILES string of the molecule is COc1ccc(C(O)C2NCc3ccccc32)cc1Br. The van der Waals surface area contributed by atoms with Gasteiger partial charge in [0.15, 0.2) is 0 Å². The molecule has 20 heavy (non-hydrogen) atoms. The number of halogens is 1. The van der Waals surface area contributed by atoms with Crippen LogP contribution in [-0.4, -0.2) is 12.2 Å². The molecule has 0 spiro atoms. The third kappa shape index (κ3) is 2.35. The summed E-state index contributed by atoms with van der Waals surface area (Å²) in [6, 6.07) is 13.8. The molecule has 1 aliphatic rings. The number of methoxy groups -OCH3 is 1. The summed E-state index contributed by atoms with van der Waals surface area (Å²) in [7, 11) is 1.63. The zero-order valence-electron chi connectivity index (χ0n) is 11.1. The van der Waals surface area contributed by atoms with Crippen LogP contribution < -0.4 is 10.1 Å². The molecule has 1 aliphatic heterocycles. The average Bonchev–Trinajstić information content (AvgIpc) is 2.90. The standard InChI is InChI=1S/C16H16BrNO2/c1-20-14-7-6-10(8-13(14)17)16(19)15-12-5-3-2-4-11(12)9-18-15/h2-8,15-16,18-19H,9H2,1H3. The van der Waals surface area contributed by atoms with Gasteiger partial charge in [-0.25, -0.2) is 0 Å². The van der Waals surface area contributed by atoms with Crippen molar-refractivity contribution < 1.29 is 9.84 Å². The number of aliphatic hydroxyl groups excluding tert-OH is 1. The van der Waals surface area contributed by atoms with Gasteiger partial charge in [0, 0.05) is 6.54 Å². The van der Waals surface area contributed by atoms with Crippen LogP contribution in [0.25, 0.3) is 0 Å². The summed E-state index contributed by atoms with van der Waals surface area (Å²) in [4.78, 5) is 0. The number of hydrogen-bond acceptors (Lipinski definition) is 3. The molecule has 0 fully saturated rings. The lowest BCUT2D eigenvalue weighted by molar-refractivity contribution is 0.133. The Morgan fingerprint density at radius 1 is 1.30 bits per heavy atom. The molecule has 0 bridgehead atoms. The predicted molar refractivity (Wildman–Crippen MR) is 81.7 cm³/mol. The number of ether oxygens (including phenoxy) is 1. The van der Waals surface area contributed by atoms with Crippen molar-refractivity contribution in [2.45, 2.75) is 18.7 Å². The van der Waals surface area contributed by atoms with E-state index >= 15 is 0 Å². The van der Waals surface area contributed by atoms with Crippen molar-refractivity contribution in [3.8, 4) is 5.75 Å². The number of aliphatic hydroxyl groups is 1. The molecule has 0 aliphatic carbocycles. The lowest BCUT2D eigenvalue weighted by Crippen LogP contribution is -2.20. The fourth-order valence-corrected chi connectivity index (χ4v) is 3.23. The van der Waals surface area contributed by atoms with Crippen LogP contribution in [0.4, 0.5) is 0 Å². The van der Waals surface area contributed by atoms with Gasteiger partial charge in [-0.05, 0) is 44.8 Å². The molecule has 2 aromatic rings. The molecule has 2 unspecified atom stereocenters. The van der Waals surface area contributed by atoms with Crippen LogP contribution in [0.5, 0.6) is 5.75 Å². The Morgan fingerprint density at radius 3 is 2.85 bits per heavy atom. The summed E-state index contributed by atoms with van der Waals surface area (Å²) in [5.74, 6) is 0.765. The molecule has 0 aromatic heterocycles. The lowest BCUT2D eigenvalue weighted by Gasteiger charge is -2.20. The van der Waals surface area contributed by atoms with E-state index < -0.39 is 6.10 Å². The smallest absolute Gasteiger partial charge is 0.133 e. The average molecular weight is 334 g/mol. The first-order chi connectivity index (χ1) is 9.70. The summed E-state index contributed by atoms with van der Waals surface area (Å²) in [5, 5.41) is 14.0.